The van der Waals surface area contributed by atoms with Crippen LogP contribution in [0.4, 0.5) is 5.69 Å². The molecule has 0 aliphatic carbocycles. The molecule has 30 heavy (non-hydrogen) atoms. The number of nitrogens with zero attached hydrogens (tertiary/aromatic N) is 2. The summed E-state index contributed by atoms with van der Waals surface area (Å²) in [6, 6.07) is 17.2. The van der Waals surface area contributed by atoms with Crippen molar-refractivity contribution in [2.75, 3.05) is 30.8 Å². The third-order valence-corrected chi connectivity index (χ3v) is 6.84. The van der Waals surface area contributed by atoms with Gasteiger partial charge in [-0.1, -0.05) is 30.3 Å². The molecule has 0 bridgehead atoms. The zero-order valence-corrected chi connectivity index (χ0v) is 17.9. The third kappa shape index (κ3) is 4.29. The number of thioether (sulfide) groups is 1. The van der Waals surface area contributed by atoms with Gasteiger partial charge in [-0.3, -0.25) is 14.4 Å². The van der Waals surface area contributed by atoms with Crippen molar-refractivity contribution in [2.24, 2.45) is 11.8 Å². The second-order valence-corrected chi connectivity index (χ2v) is 8.81. The summed E-state index contributed by atoms with van der Waals surface area (Å²) in [6.45, 7) is 1.59. The third-order valence-electron chi connectivity index (χ3n) is 6.09. The Kier molecular flexibility index (Phi) is 6.23. The number of Topliss-reactive ketones (excluding diaryl/α,β-unsaturated/α-hetero) is 1. The van der Waals surface area contributed by atoms with Gasteiger partial charge in [0, 0.05) is 48.1 Å². The van der Waals surface area contributed by atoms with E-state index >= 15 is 0 Å². The van der Waals surface area contributed by atoms with Crippen molar-refractivity contribution < 1.29 is 14.4 Å². The van der Waals surface area contributed by atoms with Gasteiger partial charge >= 0.3 is 0 Å². The Balaban J connectivity index is 1.34. The van der Waals surface area contributed by atoms with E-state index in [0.29, 0.717) is 32.5 Å². The van der Waals surface area contributed by atoms with E-state index in [1.54, 1.807) is 16.7 Å². The molecule has 1 atom stereocenters. The Labute approximate surface area is 181 Å². The van der Waals surface area contributed by atoms with Crippen molar-refractivity contribution in [1.29, 1.82) is 0 Å². The standard InChI is InChI=1S/C24H26N2O3S/c1-30-21-9-7-20(8-10-21)26-16-19(15-22(26)27)24(29)25-13-11-18(12-14-25)23(28)17-5-3-2-4-6-17/h2-10,18-19H,11-16H2,1H3. The average Bonchev–Trinajstić information content (AvgIpc) is 3.20. The summed E-state index contributed by atoms with van der Waals surface area (Å²) in [6.07, 6.45) is 3.63. The predicted octanol–water partition coefficient (Wildman–Crippen LogP) is 3.88. The van der Waals surface area contributed by atoms with Crippen LogP contribution in [-0.4, -0.2) is 48.4 Å². The van der Waals surface area contributed by atoms with Crippen molar-refractivity contribution in [3.63, 3.8) is 0 Å². The maximum Gasteiger partial charge on any atom is 0.228 e. The first-order valence-corrected chi connectivity index (χ1v) is 11.6. The molecular weight excluding hydrogens is 396 g/mol. The highest BCUT2D eigenvalue weighted by Crippen LogP contribution is 2.29. The molecule has 156 valence electrons. The normalized spacial score (nSPS) is 19.9. The lowest BCUT2D eigenvalue weighted by atomic mass is 9.88. The Hall–Kier alpha value is -2.60. The van der Waals surface area contributed by atoms with Gasteiger partial charge in [0.1, 0.15) is 0 Å². The minimum atomic E-state index is -0.306. The highest BCUT2D eigenvalue weighted by molar-refractivity contribution is 7.98. The minimum Gasteiger partial charge on any atom is -0.342 e. The van der Waals surface area contributed by atoms with Gasteiger partial charge in [-0.2, -0.15) is 0 Å². The quantitative estimate of drug-likeness (QED) is 0.542. The summed E-state index contributed by atoms with van der Waals surface area (Å²) in [5, 5.41) is 0. The van der Waals surface area contributed by atoms with E-state index < -0.39 is 0 Å². The summed E-state index contributed by atoms with van der Waals surface area (Å²) in [4.78, 5) is 42.9. The fourth-order valence-corrected chi connectivity index (χ4v) is 4.75. The maximum absolute atomic E-state index is 13.0. The summed E-state index contributed by atoms with van der Waals surface area (Å²) in [5.74, 6) is -0.137. The Morgan fingerprint density at radius 1 is 0.933 bits per heavy atom. The van der Waals surface area contributed by atoms with Crippen LogP contribution < -0.4 is 4.90 Å². The van der Waals surface area contributed by atoms with Crippen LogP contribution in [-0.2, 0) is 9.59 Å². The van der Waals surface area contributed by atoms with Gasteiger partial charge in [0.15, 0.2) is 5.78 Å². The molecule has 0 saturated carbocycles. The second-order valence-electron chi connectivity index (χ2n) is 7.93. The lowest BCUT2D eigenvalue weighted by molar-refractivity contribution is -0.137. The molecule has 0 N–H and O–H groups in total. The number of hydrogen-bond donors (Lipinski definition) is 0. The summed E-state index contributed by atoms with van der Waals surface area (Å²) >= 11 is 1.66. The number of carbonyl (C=O) groups is 3. The SMILES string of the molecule is CSc1ccc(N2CC(C(=O)N3CCC(C(=O)c4ccccc4)CC3)CC2=O)cc1. The van der Waals surface area contributed by atoms with Gasteiger partial charge in [0.2, 0.25) is 11.8 Å². The molecule has 2 amide bonds. The molecule has 2 saturated heterocycles. The maximum atomic E-state index is 13.0. The fourth-order valence-electron chi connectivity index (χ4n) is 4.34. The van der Waals surface area contributed by atoms with Crippen LogP contribution in [0.1, 0.15) is 29.6 Å². The van der Waals surface area contributed by atoms with E-state index in [4.69, 9.17) is 0 Å². The van der Waals surface area contributed by atoms with Gasteiger partial charge in [0.05, 0.1) is 5.92 Å². The van der Waals surface area contributed by atoms with E-state index in [0.717, 1.165) is 16.1 Å². The molecule has 2 heterocycles. The van der Waals surface area contributed by atoms with Crippen molar-refractivity contribution in [3.05, 3.63) is 60.2 Å². The molecule has 2 aliphatic rings. The first kappa shape index (κ1) is 20.7. The largest absolute Gasteiger partial charge is 0.342 e. The van der Waals surface area contributed by atoms with Crippen LogP contribution in [0.25, 0.3) is 0 Å². The number of likely N-dealkylation sites (tertiary alicyclic amines) is 1. The number of anilines is 1. The first-order valence-electron chi connectivity index (χ1n) is 10.4. The predicted molar refractivity (Wildman–Crippen MR) is 119 cm³/mol. The molecule has 2 fully saturated rings. The van der Waals surface area contributed by atoms with Crippen LogP contribution in [0.5, 0.6) is 0 Å². The van der Waals surface area contributed by atoms with Crippen LogP contribution in [0.2, 0.25) is 0 Å². The van der Waals surface area contributed by atoms with Crippen molar-refractivity contribution >= 4 is 35.0 Å². The number of hydrogen-bond acceptors (Lipinski definition) is 4. The number of carbonyl (C=O) groups excluding carboxylic acids is 3. The monoisotopic (exact) mass is 422 g/mol. The lowest BCUT2D eigenvalue weighted by Gasteiger charge is -2.33. The van der Waals surface area contributed by atoms with E-state index in [9.17, 15) is 14.4 Å². The highest BCUT2D eigenvalue weighted by Gasteiger charge is 2.38. The number of rotatable bonds is 5. The van der Waals surface area contributed by atoms with Crippen LogP contribution in [0, 0.1) is 11.8 Å². The Bertz CT molecular complexity index is 921. The smallest absolute Gasteiger partial charge is 0.228 e. The highest BCUT2D eigenvalue weighted by atomic mass is 32.2. The van der Waals surface area contributed by atoms with Crippen molar-refractivity contribution in [2.45, 2.75) is 24.2 Å². The van der Waals surface area contributed by atoms with Crippen LogP contribution >= 0.6 is 11.8 Å². The zero-order valence-electron chi connectivity index (χ0n) is 17.1. The molecule has 2 aromatic rings. The molecule has 5 nitrogen and oxygen atoms in total. The number of amides is 2. The Morgan fingerprint density at radius 3 is 2.23 bits per heavy atom. The van der Waals surface area contributed by atoms with E-state index in [2.05, 4.69) is 0 Å². The first-order chi connectivity index (χ1) is 14.6. The molecule has 0 spiro atoms. The zero-order chi connectivity index (χ0) is 21.1. The van der Waals surface area contributed by atoms with Crippen molar-refractivity contribution in [1.82, 2.24) is 4.90 Å². The topological polar surface area (TPSA) is 57.7 Å². The summed E-state index contributed by atoms with van der Waals surface area (Å²) in [7, 11) is 0. The lowest BCUT2D eigenvalue weighted by Crippen LogP contribution is -2.43. The van der Waals surface area contributed by atoms with Gasteiger partial charge in [0.25, 0.3) is 0 Å². The molecular formula is C24H26N2O3S. The van der Waals surface area contributed by atoms with Gasteiger partial charge in [-0.15, -0.1) is 11.8 Å². The molecule has 4 rings (SSSR count). The summed E-state index contributed by atoms with van der Waals surface area (Å²) < 4.78 is 0. The van der Waals surface area contributed by atoms with Gasteiger partial charge in [-0.05, 0) is 43.4 Å². The summed E-state index contributed by atoms with van der Waals surface area (Å²) in [5.41, 5.74) is 1.59. The van der Waals surface area contributed by atoms with Crippen LogP contribution in [0.15, 0.2) is 59.5 Å². The number of benzene rings is 2. The molecule has 1 unspecified atom stereocenters. The molecule has 0 radical (unpaired) electrons. The number of piperidine rings is 1. The van der Waals surface area contributed by atoms with Gasteiger partial charge in [-0.25, -0.2) is 0 Å². The molecule has 2 aliphatic heterocycles. The van der Waals surface area contributed by atoms with E-state index in [1.165, 1.54) is 0 Å². The van der Waals surface area contributed by atoms with E-state index in [1.807, 2.05) is 65.8 Å². The van der Waals surface area contributed by atoms with E-state index in [-0.39, 0.29) is 35.9 Å². The second kappa shape index (κ2) is 9.04. The minimum absolute atomic E-state index is 0.000562. The Morgan fingerprint density at radius 2 is 1.60 bits per heavy atom. The molecule has 0 aromatic heterocycles. The number of ketones is 1. The molecule has 2 aromatic carbocycles. The van der Waals surface area contributed by atoms with Gasteiger partial charge < -0.3 is 9.80 Å². The fraction of sp³-hybridized carbons (Fsp3) is 0.375. The molecule has 6 heteroatoms. The van der Waals surface area contributed by atoms with Crippen LogP contribution in [0.3, 0.4) is 0 Å². The van der Waals surface area contributed by atoms with Crippen molar-refractivity contribution in [3.8, 4) is 0 Å². The average molecular weight is 423 g/mol.